The van der Waals surface area contributed by atoms with Crippen molar-refractivity contribution in [3.05, 3.63) is 36.5 Å². The summed E-state index contributed by atoms with van der Waals surface area (Å²) in [7, 11) is -7.02. The van der Waals surface area contributed by atoms with E-state index in [1.165, 1.54) is 16.6 Å². The molecule has 1 aromatic heterocycles. The quantitative estimate of drug-likeness (QED) is 0.371. The van der Waals surface area contributed by atoms with Gasteiger partial charge in [-0.3, -0.25) is 0 Å². The molecule has 0 radical (unpaired) electrons. The third kappa shape index (κ3) is 6.50. The zero-order valence-corrected chi connectivity index (χ0v) is 26.0. The monoisotopic (exact) mass is 636 g/mol. The van der Waals surface area contributed by atoms with Crippen molar-refractivity contribution < 1.29 is 36.2 Å². The Bertz CT molecular complexity index is 1520. The van der Waals surface area contributed by atoms with Gasteiger partial charge in [0, 0.05) is 32.2 Å². The Labute approximate surface area is 253 Å². The van der Waals surface area contributed by atoms with Gasteiger partial charge in [-0.1, -0.05) is 6.07 Å². The second-order valence-electron chi connectivity index (χ2n) is 11.8. The first-order chi connectivity index (χ1) is 20.6. The molecule has 1 saturated carbocycles. The predicted molar refractivity (Wildman–Crippen MR) is 159 cm³/mol. The largest absolute Gasteiger partial charge is 0.491 e. The number of nitrogens with one attached hydrogen (secondary N) is 1. The maximum absolute atomic E-state index is 13.5. The molecule has 43 heavy (non-hydrogen) atoms. The van der Waals surface area contributed by atoms with Gasteiger partial charge in [-0.15, -0.1) is 0 Å². The maximum atomic E-state index is 13.5. The lowest BCUT2D eigenvalue weighted by molar-refractivity contribution is -0.0312. The topological polar surface area (TPSA) is 148 Å². The summed E-state index contributed by atoms with van der Waals surface area (Å²) in [4.78, 5) is 6.78. The van der Waals surface area contributed by atoms with Gasteiger partial charge in [-0.2, -0.15) is 4.31 Å². The lowest BCUT2D eigenvalue weighted by atomic mass is 9.88. The number of hydrogen-bond acceptors (Lipinski definition) is 11. The van der Waals surface area contributed by atoms with E-state index in [0.717, 1.165) is 13.0 Å². The third-order valence-corrected chi connectivity index (χ3v) is 12.9. The highest BCUT2D eigenvalue weighted by Gasteiger charge is 2.45. The summed E-state index contributed by atoms with van der Waals surface area (Å²) < 4.78 is 71.0. The number of rotatable bonds is 11. The van der Waals surface area contributed by atoms with Crippen LogP contribution in [0, 0.1) is 0 Å². The number of aliphatic hydroxyl groups excluding tert-OH is 1. The molecule has 1 spiro atoms. The Morgan fingerprint density at radius 3 is 2.67 bits per heavy atom. The van der Waals surface area contributed by atoms with E-state index in [1.54, 1.807) is 24.3 Å². The summed E-state index contributed by atoms with van der Waals surface area (Å²) in [5, 5.41) is 13.6. The standard InChI is InChI=1S/C29H40N4O8S2/c1-2-32-12-13-39-28-27(32)15-26(18-31-28)43(37,38)33-10-8-29(9-11-33)16-21(19-41-29)30-17-22(34)20-40-23-4-3-5-25(14-23)42(35,36)24-6-7-24/h3-5,14-15,18,21-22,24,30,34H,2,6-13,16-17,19-20H2,1H3. The predicted octanol–water partition coefficient (Wildman–Crippen LogP) is 1.58. The molecule has 3 fully saturated rings. The first kappa shape index (κ1) is 30.5. The second-order valence-corrected chi connectivity index (χ2v) is 16.0. The number of ether oxygens (including phenoxy) is 3. The van der Waals surface area contributed by atoms with E-state index in [0.29, 0.717) is 75.8 Å². The van der Waals surface area contributed by atoms with Gasteiger partial charge in [-0.05, 0) is 63.3 Å². The van der Waals surface area contributed by atoms with Crippen LogP contribution in [0.2, 0.25) is 0 Å². The lowest BCUT2D eigenvalue weighted by Crippen LogP contribution is -2.47. The van der Waals surface area contributed by atoms with Crippen LogP contribution in [-0.4, -0.2) is 107 Å². The van der Waals surface area contributed by atoms with E-state index in [4.69, 9.17) is 14.2 Å². The number of sulfonamides is 1. The minimum atomic E-state index is -3.71. The van der Waals surface area contributed by atoms with Gasteiger partial charge in [0.15, 0.2) is 9.84 Å². The van der Waals surface area contributed by atoms with E-state index in [1.807, 2.05) is 6.92 Å². The van der Waals surface area contributed by atoms with Gasteiger partial charge < -0.3 is 29.5 Å². The summed E-state index contributed by atoms with van der Waals surface area (Å²) in [5.41, 5.74) is 0.304. The highest BCUT2D eigenvalue weighted by Crippen LogP contribution is 2.39. The van der Waals surface area contributed by atoms with Gasteiger partial charge in [-0.25, -0.2) is 21.8 Å². The summed E-state index contributed by atoms with van der Waals surface area (Å²) >= 11 is 0. The number of anilines is 1. The molecule has 2 atom stereocenters. The number of likely N-dealkylation sites (N-methyl/N-ethyl adjacent to an activating group) is 1. The number of aliphatic hydroxyl groups is 1. The molecule has 4 heterocycles. The SMILES string of the molecule is CCN1CCOc2ncc(S(=O)(=O)N3CCC4(CC3)CC(NCC(O)COc3cccc(S(=O)(=O)C5CC5)c3)CO4)cc21. The number of hydrogen-bond donors (Lipinski definition) is 2. The molecule has 1 aromatic carbocycles. The Morgan fingerprint density at radius 2 is 1.93 bits per heavy atom. The highest BCUT2D eigenvalue weighted by molar-refractivity contribution is 7.92. The van der Waals surface area contributed by atoms with Crippen molar-refractivity contribution in [3.8, 4) is 11.6 Å². The molecule has 4 aliphatic rings. The molecule has 1 aliphatic carbocycles. The third-order valence-electron chi connectivity index (χ3n) is 8.79. The highest BCUT2D eigenvalue weighted by atomic mass is 32.2. The van der Waals surface area contributed by atoms with E-state index < -0.39 is 31.6 Å². The molecule has 6 rings (SSSR count). The first-order valence-corrected chi connectivity index (χ1v) is 18.0. The van der Waals surface area contributed by atoms with Crippen molar-refractivity contribution in [2.24, 2.45) is 0 Å². The minimum Gasteiger partial charge on any atom is -0.491 e. The van der Waals surface area contributed by atoms with E-state index in [9.17, 15) is 21.9 Å². The van der Waals surface area contributed by atoms with E-state index in [-0.39, 0.29) is 34.2 Å². The van der Waals surface area contributed by atoms with Crippen LogP contribution in [0.25, 0.3) is 0 Å². The van der Waals surface area contributed by atoms with Crippen molar-refractivity contribution in [2.45, 2.75) is 71.8 Å². The molecule has 0 amide bonds. The number of sulfone groups is 1. The minimum absolute atomic E-state index is 0.0190. The van der Waals surface area contributed by atoms with Crippen molar-refractivity contribution >= 4 is 25.5 Å². The number of benzene rings is 1. The molecular formula is C29H40N4O8S2. The van der Waals surface area contributed by atoms with Crippen LogP contribution < -0.4 is 19.7 Å². The average molecular weight is 637 g/mol. The molecule has 2 aromatic rings. The number of fused-ring (bicyclic) bond motifs is 1. The fourth-order valence-corrected chi connectivity index (χ4v) is 9.17. The number of piperidine rings is 1. The Hall–Kier alpha value is -2.49. The summed E-state index contributed by atoms with van der Waals surface area (Å²) in [5.74, 6) is 0.876. The maximum Gasteiger partial charge on any atom is 0.244 e. The summed E-state index contributed by atoms with van der Waals surface area (Å²) in [6.45, 7) is 5.47. The van der Waals surface area contributed by atoms with Crippen molar-refractivity contribution in [3.63, 3.8) is 0 Å². The molecule has 3 aliphatic heterocycles. The molecule has 2 N–H and O–H groups in total. The fraction of sp³-hybridized carbons (Fsp3) is 0.621. The van der Waals surface area contributed by atoms with Crippen LogP contribution in [-0.2, 0) is 24.6 Å². The molecule has 14 heteroatoms. The van der Waals surface area contributed by atoms with Crippen molar-refractivity contribution in [1.29, 1.82) is 0 Å². The van der Waals surface area contributed by atoms with Crippen LogP contribution in [0.5, 0.6) is 11.6 Å². The molecular weight excluding hydrogens is 596 g/mol. The van der Waals surface area contributed by atoms with Crippen molar-refractivity contribution in [2.75, 3.05) is 57.4 Å². The Morgan fingerprint density at radius 1 is 1.14 bits per heavy atom. The van der Waals surface area contributed by atoms with Gasteiger partial charge in [0.1, 0.15) is 35.7 Å². The number of pyridine rings is 1. The number of nitrogens with zero attached hydrogens (tertiary/aromatic N) is 3. The molecule has 2 saturated heterocycles. The number of aromatic nitrogens is 1. The zero-order chi connectivity index (χ0) is 30.2. The van der Waals surface area contributed by atoms with Gasteiger partial charge >= 0.3 is 0 Å². The van der Waals surface area contributed by atoms with Crippen LogP contribution >= 0.6 is 0 Å². The van der Waals surface area contributed by atoms with Crippen LogP contribution in [0.3, 0.4) is 0 Å². The van der Waals surface area contributed by atoms with Crippen LogP contribution in [0.15, 0.2) is 46.3 Å². The smallest absolute Gasteiger partial charge is 0.244 e. The molecule has 0 bridgehead atoms. The van der Waals surface area contributed by atoms with Gasteiger partial charge in [0.25, 0.3) is 0 Å². The lowest BCUT2D eigenvalue weighted by Gasteiger charge is -2.38. The van der Waals surface area contributed by atoms with Gasteiger partial charge in [0.05, 0.1) is 35.1 Å². The van der Waals surface area contributed by atoms with Crippen molar-refractivity contribution in [1.82, 2.24) is 14.6 Å². The zero-order valence-electron chi connectivity index (χ0n) is 24.4. The Balaban J connectivity index is 0.972. The van der Waals surface area contributed by atoms with E-state index in [2.05, 4.69) is 15.2 Å². The molecule has 12 nitrogen and oxygen atoms in total. The summed E-state index contributed by atoms with van der Waals surface area (Å²) in [6, 6.07) is 8.12. The molecule has 236 valence electrons. The van der Waals surface area contributed by atoms with Crippen LogP contribution in [0.4, 0.5) is 5.69 Å². The normalized spacial score (nSPS) is 23.1. The van der Waals surface area contributed by atoms with E-state index >= 15 is 0 Å². The average Bonchev–Trinajstić information content (AvgIpc) is 3.82. The van der Waals surface area contributed by atoms with Crippen LogP contribution in [0.1, 0.15) is 39.0 Å². The van der Waals surface area contributed by atoms with Gasteiger partial charge in [0.2, 0.25) is 15.9 Å². The molecule has 2 unspecified atom stereocenters. The summed E-state index contributed by atoms with van der Waals surface area (Å²) in [6.07, 6.45) is 3.86. The first-order valence-electron chi connectivity index (χ1n) is 15.0. The fourth-order valence-electron chi connectivity index (χ4n) is 6.08. The second kappa shape index (κ2) is 12.1. The Kier molecular flexibility index (Phi) is 8.61.